The highest BCUT2D eigenvalue weighted by Crippen LogP contribution is 2.27. The van der Waals surface area contributed by atoms with Gasteiger partial charge >= 0.3 is 0 Å². The maximum Gasteiger partial charge on any atom is 0.280 e. The van der Waals surface area contributed by atoms with Crippen molar-refractivity contribution in [2.45, 2.75) is 51.2 Å². The lowest BCUT2D eigenvalue weighted by Crippen LogP contribution is -2.42. The van der Waals surface area contributed by atoms with Crippen LogP contribution in [0.25, 0.3) is 0 Å². The third kappa shape index (κ3) is 6.91. The smallest absolute Gasteiger partial charge is 0.280 e. The maximum atomic E-state index is 6.61. The van der Waals surface area contributed by atoms with E-state index in [0.717, 1.165) is 23.7 Å². The molecule has 0 aliphatic heterocycles. The van der Waals surface area contributed by atoms with Gasteiger partial charge in [-0.25, -0.2) is 0 Å². The first kappa shape index (κ1) is 18.5. The molecule has 0 N–H and O–H groups in total. The Balaban J connectivity index is 2.51. The molecule has 1 aromatic rings. The lowest BCUT2D eigenvalue weighted by atomic mass is 10.4. The van der Waals surface area contributed by atoms with Gasteiger partial charge in [0, 0.05) is 0 Å². The van der Waals surface area contributed by atoms with Gasteiger partial charge in [-0.3, -0.25) is 0 Å². The van der Waals surface area contributed by atoms with Crippen LogP contribution >= 0.6 is 22.2 Å². The van der Waals surface area contributed by atoms with E-state index in [9.17, 15) is 0 Å². The summed E-state index contributed by atoms with van der Waals surface area (Å²) in [5.74, 6) is 0. The molecule has 0 saturated carbocycles. The predicted molar refractivity (Wildman–Crippen MR) is 99.7 cm³/mol. The summed E-state index contributed by atoms with van der Waals surface area (Å²) < 4.78 is 6.35. The van der Waals surface area contributed by atoms with Crippen LogP contribution in [0.2, 0.25) is 44.8 Å². The van der Waals surface area contributed by atoms with Crippen LogP contribution in [-0.2, 0) is 4.12 Å². The Morgan fingerprint density at radius 3 is 1.95 bits per heavy atom. The van der Waals surface area contributed by atoms with E-state index in [0.29, 0.717) is 0 Å². The van der Waals surface area contributed by atoms with Crippen LogP contribution in [0.1, 0.15) is 6.42 Å². The highest BCUT2D eigenvalue weighted by Gasteiger charge is 2.33. The van der Waals surface area contributed by atoms with E-state index in [-0.39, 0.29) is 0 Å². The van der Waals surface area contributed by atoms with Crippen LogP contribution in [0, 0.1) is 0 Å². The van der Waals surface area contributed by atoms with Gasteiger partial charge in [-0.15, -0.1) is 22.2 Å². The minimum absolute atomic E-state index is 0.908. The summed E-state index contributed by atoms with van der Waals surface area (Å²) in [7, 11) is -3.02. The standard InChI is InChI=1S/C14H26Cl2OSi3/c1-18(2,3)17-19(4,5)12-9-13-20(15,16)14-10-7-6-8-11-14/h6-8,10-11H,9,12-13H2,1-5H3. The zero-order valence-corrected chi connectivity index (χ0v) is 17.7. The van der Waals surface area contributed by atoms with Gasteiger partial charge in [0.2, 0.25) is 0 Å². The van der Waals surface area contributed by atoms with Gasteiger partial charge in [0.15, 0.2) is 16.6 Å². The maximum absolute atomic E-state index is 6.61. The van der Waals surface area contributed by atoms with Crippen molar-refractivity contribution in [3.05, 3.63) is 30.3 Å². The van der Waals surface area contributed by atoms with E-state index in [1.165, 1.54) is 0 Å². The zero-order valence-electron chi connectivity index (χ0n) is 13.2. The van der Waals surface area contributed by atoms with Crippen LogP contribution in [0.3, 0.4) is 0 Å². The largest absolute Gasteiger partial charge is 0.456 e. The molecule has 0 heterocycles. The fourth-order valence-electron chi connectivity index (χ4n) is 2.44. The SMILES string of the molecule is C[Si](C)(C)O[Si](C)(C)CCC[Si](Cl)(Cl)c1ccccc1. The van der Waals surface area contributed by atoms with E-state index >= 15 is 0 Å². The molecule has 0 spiro atoms. The van der Waals surface area contributed by atoms with Gasteiger partial charge in [0.25, 0.3) is 6.69 Å². The molecule has 0 fully saturated rings. The Kier molecular flexibility index (Phi) is 6.57. The van der Waals surface area contributed by atoms with Crippen molar-refractivity contribution in [3.63, 3.8) is 0 Å². The molecular weight excluding hydrogens is 339 g/mol. The van der Waals surface area contributed by atoms with Crippen molar-refractivity contribution in [1.29, 1.82) is 0 Å². The summed E-state index contributed by atoms with van der Waals surface area (Å²) in [6, 6.07) is 12.2. The lowest BCUT2D eigenvalue weighted by Gasteiger charge is -2.32. The molecule has 0 saturated heterocycles. The van der Waals surface area contributed by atoms with Crippen molar-refractivity contribution in [1.82, 2.24) is 0 Å². The van der Waals surface area contributed by atoms with E-state index in [2.05, 4.69) is 32.7 Å². The third-order valence-corrected chi connectivity index (χ3v) is 13.9. The monoisotopic (exact) mass is 364 g/mol. The first-order valence-corrected chi connectivity index (χ1v) is 17.9. The summed E-state index contributed by atoms with van der Waals surface area (Å²) >= 11 is 13.2. The van der Waals surface area contributed by atoms with Crippen LogP contribution < -0.4 is 5.19 Å². The fraction of sp³-hybridized carbons (Fsp3) is 0.571. The number of rotatable bonds is 7. The lowest BCUT2D eigenvalue weighted by molar-refractivity contribution is 0.546. The van der Waals surface area contributed by atoms with Crippen molar-refractivity contribution < 1.29 is 4.12 Å². The molecule has 0 atom stereocenters. The van der Waals surface area contributed by atoms with Crippen molar-refractivity contribution >= 4 is 50.7 Å². The van der Waals surface area contributed by atoms with Gasteiger partial charge in [-0.05, 0) is 50.0 Å². The number of benzene rings is 1. The molecule has 0 amide bonds. The van der Waals surface area contributed by atoms with Crippen LogP contribution in [0.5, 0.6) is 0 Å². The van der Waals surface area contributed by atoms with Gasteiger partial charge in [0.1, 0.15) is 0 Å². The first-order valence-electron chi connectivity index (χ1n) is 7.15. The second-order valence-electron chi connectivity index (χ2n) is 6.90. The molecule has 114 valence electrons. The van der Waals surface area contributed by atoms with Crippen LogP contribution in [0.15, 0.2) is 30.3 Å². The van der Waals surface area contributed by atoms with E-state index in [4.69, 9.17) is 26.3 Å². The molecule has 1 aromatic carbocycles. The molecule has 0 aliphatic rings. The summed E-state index contributed by atoms with van der Waals surface area (Å²) in [6.45, 7) is 9.07. The highest BCUT2D eigenvalue weighted by atomic mass is 35.7. The topological polar surface area (TPSA) is 9.23 Å². The first-order chi connectivity index (χ1) is 9.02. The Labute approximate surface area is 136 Å². The van der Waals surface area contributed by atoms with E-state index in [1.54, 1.807) is 0 Å². The molecule has 0 radical (unpaired) electrons. The van der Waals surface area contributed by atoms with Crippen molar-refractivity contribution in [2.24, 2.45) is 0 Å². The Bertz CT molecular complexity index is 416. The fourth-order valence-corrected chi connectivity index (χ4v) is 14.0. The van der Waals surface area contributed by atoms with E-state index in [1.807, 2.05) is 30.3 Å². The molecule has 1 nitrogen and oxygen atoms in total. The zero-order chi connectivity index (χ0) is 15.4. The summed E-state index contributed by atoms with van der Waals surface area (Å²) in [4.78, 5) is 0. The van der Waals surface area contributed by atoms with Crippen molar-refractivity contribution in [2.75, 3.05) is 0 Å². The van der Waals surface area contributed by atoms with Gasteiger partial charge < -0.3 is 4.12 Å². The van der Waals surface area contributed by atoms with Crippen molar-refractivity contribution in [3.8, 4) is 0 Å². The number of halogens is 2. The molecular formula is C14H26Cl2OSi3. The predicted octanol–water partition coefficient (Wildman–Crippen LogP) is 5.26. The van der Waals surface area contributed by atoms with Crippen LogP contribution in [-0.4, -0.2) is 23.3 Å². The average molecular weight is 366 g/mol. The molecule has 6 heteroatoms. The Morgan fingerprint density at radius 1 is 0.900 bits per heavy atom. The van der Waals surface area contributed by atoms with Crippen LogP contribution in [0.4, 0.5) is 0 Å². The number of hydrogen-bond acceptors (Lipinski definition) is 1. The highest BCUT2D eigenvalue weighted by molar-refractivity contribution is 7.51. The summed E-state index contributed by atoms with van der Waals surface area (Å²) in [5, 5.41) is 1.12. The summed E-state index contributed by atoms with van der Waals surface area (Å²) in [5.41, 5.74) is 0. The normalized spacial score (nSPS) is 13.6. The minimum Gasteiger partial charge on any atom is -0.456 e. The Hall–Kier alpha value is 0.411. The molecule has 0 aromatic heterocycles. The van der Waals surface area contributed by atoms with Gasteiger partial charge in [-0.1, -0.05) is 36.8 Å². The average Bonchev–Trinajstić information content (AvgIpc) is 2.26. The van der Waals surface area contributed by atoms with E-state index < -0.39 is 23.3 Å². The molecule has 1 rings (SSSR count). The van der Waals surface area contributed by atoms with Gasteiger partial charge in [-0.2, -0.15) is 0 Å². The Morgan fingerprint density at radius 2 is 1.45 bits per heavy atom. The molecule has 0 unspecified atom stereocenters. The molecule has 0 bridgehead atoms. The quantitative estimate of drug-likeness (QED) is 0.473. The second-order valence-corrected chi connectivity index (χ2v) is 22.9. The third-order valence-electron chi connectivity index (χ3n) is 3.05. The molecule has 20 heavy (non-hydrogen) atoms. The summed E-state index contributed by atoms with van der Waals surface area (Å²) in [6.07, 6.45) is 1.07. The molecule has 0 aliphatic carbocycles. The minimum atomic E-state index is -2.32. The number of hydrogen-bond donors (Lipinski definition) is 0. The second kappa shape index (κ2) is 7.11. The van der Waals surface area contributed by atoms with Gasteiger partial charge in [0.05, 0.1) is 0 Å².